The van der Waals surface area contributed by atoms with E-state index in [2.05, 4.69) is 11.8 Å². The summed E-state index contributed by atoms with van der Waals surface area (Å²) in [6.07, 6.45) is 4.96. The number of piperidine rings is 1. The number of aliphatic hydroxyl groups excluding tert-OH is 1. The molecule has 0 saturated carbocycles. The molecular weight excluding hydrogens is 150 g/mol. The molecule has 0 amide bonds. The fourth-order valence-electron chi connectivity index (χ4n) is 1.93. The molecule has 0 spiro atoms. The van der Waals surface area contributed by atoms with Gasteiger partial charge < -0.3 is 10.0 Å². The number of rotatable bonds is 4. The van der Waals surface area contributed by atoms with E-state index < -0.39 is 0 Å². The van der Waals surface area contributed by atoms with E-state index in [1.165, 1.54) is 32.4 Å². The van der Waals surface area contributed by atoms with Crippen LogP contribution in [-0.4, -0.2) is 36.2 Å². The van der Waals surface area contributed by atoms with Gasteiger partial charge >= 0.3 is 0 Å². The molecule has 71 valence electrons. The molecule has 2 nitrogen and oxygen atoms in total. The first-order valence-electron chi connectivity index (χ1n) is 4.99. The summed E-state index contributed by atoms with van der Waals surface area (Å²) in [5, 5.41) is 8.74. The number of hydrogen-bond acceptors (Lipinski definition) is 2. The van der Waals surface area contributed by atoms with Gasteiger partial charge in [-0.15, -0.1) is 0 Å². The number of hydrogen-bond donors (Lipinski definition) is 1. The number of likely N-dealkylation sites (tertiary alicyclic amines) is 1. The van der Waals surface area contributed by atoms with Crippen LogP contribution in [0.1, 0.15) is 25.7 Å². The van der Waals surface area contributed by atoms with E-state index in [-0.39, 0.29) is 0 Å². The predicted molar refractivity (Wildman–Crippen MR) is 50.8 cm³/mol. The van der Waals surface area contributed by atoms with Crippen LogP contribution in [0.2, 0.25) is 0 Å². The van der Waals surface area contributed by atoms with Gasteiger partial charge in [-0.05, 0) is 31.8 Å². The average Bonchev–Trinajstić information content (AvgIpc) is 2.09. The Kier molecular flexibility index (Phi) is 4.62. The van der Waals surface area contributed by atoms with E-state index >= 15 is 0 Å². The van der Waals surface area contributed by atoms with Crippen molar-refractivity contribution in [2.45, 2.75) is 25.7 Å². The molecule has 0 aromatic heterocycles. The van der Waals surface area contributed by atoms with Crippen molar-refractivity contribution < 1.29 is 5.11 Å². The van der Waals surface area contributed by atoms with Crippen LogP contribution in [-0.2, 0) is 0 Å². The fraction of sp³-hybridized carbons (Fsp3) is 0.900. The summed E-state index contributed by atoms with van der Waals surface area (Å²) in [7, 11) is 0. The summed E-state index contributed by atoms with van der Waals surface area (Å²) in [6, 6.07) is 0. The molecule has 1 rings (SSSR count). The summed E-state index contributed by atoms with van der Waals surface area (Å²) >= 11 is 0. The van der Waals surface area contributed by atoms with Crippen LogP contribution >= 0.6 is 0 Å². The van der Waals surface area contributed by atoms with E-state index in [1.807, 2.05) is 0 Å². The molecule has 1 saturated heterocycles. The SMILES string of the molecule is [CH2]CCC1CCN(CCO)CC1. The Morgan fingerprint density at radius 3 is 2.50 bits per heavy atom. The third-order valence-corrected chi connectivity index (χ3v) is 2.74. The van der Waals surface area contributed by atoms with Gasteiger partial charge in [0.05, 0.1) is 6.61 Å². The molecule has 12 heavy (non-hydrogen) atoms. The molecule has 1 fully saturated rings. The molecule has 0 bridgehead atoms. The zero-order chi connectivity index (χ0) is 8.81. The molecule has 0 atom stereocenters. The van der Waals surface area contributed by atoms with Crippen LogP contribution in [0.5, 0.6) is 0 Å². The van der Waals surface area contributed by atoms with Crippen molar-refractivity contribution in [3.63, 3.8) is 0 Å². The topological polar surface area (TPSA) is 23.5 Å². The molecule has 0 aliphatic carbocycles. The van der Waals surface area contributed by atoms with Crippen molar-refractivity contribution in [2.24, 2.45) is 5.92 Å². The smallest absolute Gasteiger partial charge is 0.0558 e. The second-order valence-corrected chi connectivity index (χ2v) is 3.65. The minimum Gasteiger partial charge on any atom is -0.395 e. The van der Waals surface area contributed by atoms with Crippen molar-refractivity contribution in [2.75, 3.05) is 26.2 Å². The van der Waals surface area contributed by atoms with E-state index in [9.17, 15) is 0 Å². The van der Waals surface area contributed by atoms with Gasteiger partial charge in [-0.25, -0.2) is 0 Å². The van der Waals surface area contributed by atoms with E-state index in [0.29, 0.717) is 6.61 Å². The minimum atomic E-state index is 0.306. The second kappa shape index (κ2) is 5.55. The van der Waals surface area contributed by atoms with Gasteiger partial charge in [0.2, 0.25) is 0 Å². The lowest BCUT2D eigenvalue weighted by molar-refractivity contribution is 0.145. The highest BCUT2D eigenvalue weighted by Gasteiger charge is 2.17. The number of β-amino-alcohol motifs (C(OH)–C–C–N with tert-alkyl or cyclic N) is 1. The summed E-state index contributed by atoms with van der Waals surface area (Å²) in [6.45, 7) is 7.39. The summed E-state index contributed by atoms with van der Waals surface area (Å²) in [4.78, 5) is 2.35. The molecular formula is C10H20NO. The van der Waals surface area contributed by atoms with Crippen LogP contribution in [0.15, 0.2) is 0 Å². The number of aliphatic hydroxyl groups is 1. The van der Waals surface area contributed by atoms with Gasteiger partial charge in [0, 0.05) is 6.54 Å². The van der Waals surface area contributed by atoms with Gasteiger partial charge in [0.25, 0.3) is 0 Å². The molecule has 1 aliphatic rings. The lowest BCUT2D eigenvalue weighted by atomic mass is 9.92. The Hall–Kier alpha value is -0.0800. The third kappa shape index (κ3) is 3.11. The molecule has 1 N–H and O–H groups in total. The summed E-state index contributed by atoms with van der Waals surface area (Å²) in [5.74, 6) is 0.900. The quantitative estimate of drug-likeness (QED) is 0.687. The molecule has 0 unspecified atom stereocenters. The first-order valence-corrected chi connectivity index (χ1v) is 4.99. The summed E-state index contributed by atoms with van der Waals surface area (Å²) in [5.41, 5.74) is 0. The van der Waals surface area contributed by atoms with Crippen LogP contribution in [0.3, 0.4) is 0 Å². The van der Waals surface area contributed by atoms with E-state index in [1.54, 1.807) is 0 Å². The van der Waals surface area contributed by atoms with Crippen molar-refractivity contribution in [1.82, 2.24) is 4.90 Å². The largest absolute Gasteiger partial charge is 0.395 e. The van der Waals surface area contributed by atoms with E-state index in [4.69, 9.17) is 5.11 Å². The molecule has 0 aromatic carbocycles. The number of nitrogens with zero attached hydrogens (tertiary/aromatic N) is 1. The monoisotopic (exact) mass is 170 g/mol. The maximum absolute atomic E-state index is 8.74. The first kappa shape index (κ1) is 10.0. The molecule has 2 heteroatoms. The Bertz CT molecular complexity index is 94.4. The van der Waals surface area contributed by atoms with Crippen molar-refractivity contribution in [3.05, 3.63) is 6.92 Å². The highest BCUT2D eigenvalue weighted by atomic mass is 16.3. The van der Waals surface area contributed by atoms with Crippen LogP contribution in [0.25, 0.3) is 0 Å². The average molecular weight is 170 g/mol. The zero-order valence-electron chi connectivity index (χ0n) is 7.84. The van der Waals surface area contributed by atoms with Gasteiger partial charge in [-0.3, -0.25) is 0 Å². The van der Waals surface area contributed by atoms with Crippen molar-refractivity contribution in [1.29, 1.82) is 0 Å². The summed E-state index contributed by atoms with van der Waals surface area (Å²) < 4.78 is 0. The Labute approximate surface area is 75.6 Å². The molecule has 1 radical (unpaired) electrons. The van der Waals surface area contributed by atoms with E-state index in [0.717, 1.165) is 18.9 Å². The van der Waals surface area contributed by atoms with Gasteiger partial charge in [0.1, 0.15) is 0 Å². The third-order valence-electron chi connectivity index (χ3n) is 2.74. The first-order chi connectivity index (χ1) is 5.86. The molecule has 1 heterocycles. The fourth-order valence-corrected chi connectivity index (χ4v) is 1.93. The van der Waals surface area contributed by atoms with Gasteiger partial charge in [0.15, 0.2) is 0 Å². The standard InChI is InChI=1S/C10H20NO/c1-2-3-10-4-6-11(7-5-10)8-9-12/h10,12H,1-9H2. The Morgan fingerprint density at radius 1 is 1.33 bits per heavy atom. The maximum atomic E-state index is 8.74. The minimum absolute atomic E-state index is 0.306. The maximum Gasteiger partial charge on any atom is 0.0558 e. The normalized spacial score (nSPS) is 21.5. The Morgan fingerprint density at radius 2 is 2.00 bits per heavy atom. The van der Waals surface area contributed by atoms with Crippen LogP contribution in [0, 0.1) is 12.8 Å². The zero-order valence-corrected chi connectivity index (χ0v) is 7.84. The highest BCUT2D eigenvalue weighted by molar-refractivity contribution is 4.72. The Balaban J connectivity index is 2.11. The highest BCUT2D eigenvalue weighted by Crippen LogP contribution is 2.20. The molecule has 0 aromatic rings. The van der Waals surface area contributed by atoms with Crippen LogP contribution < -0.4 is 0 Å². The van der Waals surface area contributed by atoms with Gasteiger partial charge in [-0.2, -0.15) is 0 Å². The van der Waals surface area contributed by atoms with Crippen LogP contribution in [0.4, 0.5) is 0 Å². The van der Waals surface area contributed by atoms with Crippen molar-refractivity contribution in [3.8, 4) is 0 Å². The van der Waals surface area contributed by atoms with Crippen molar-refractivity contribution >= 4 is 0 Å². The van der Waals surface area contributed by atoms with Gasteiger partial charge in [-0.1, -0.05) is 19.8 Å². The lowest BCUT2D eigenvalue weighted by Gasteiger charge is -2.31. The predicted octanol–water partition coefficient (Wildman–Crippen LogP) is 1.30. The second-order valence-electron chi connectivity index (χ2n) is 3.65. The lowest BCUT2D eigenvalue weighted by Crippen LogP contribution is -2.35. The molecule has 1 aliphatic heterocycles.